The molecule has 0 radical (unpaired) electrons. The summed E-state index contributed by atoms with van der Waals surface area (Å²) in [6.07, 6.45) is -0.704. The molecule has 0 amide bonds. The number of aromatic nitrogens is 2. The van der Waals surface area contributed by atoms with Crippen LogP contribution in [0.3, 0.4) is 0 Å². The molecule has 0 saturated carbocycles. The number of hydrogen-bond acceptors (Lipinski definition) is 6. The first-order valence-electron chi connectivity index (χ1n) is 5.26. The minimum atomic E-state index is -0.704. The Kier molecular flexibility index (Phi) is 3.98. The zero-order valence-corrected chi connectivity index (χ0v) is 11.3. The number of aliphatic hydroxyl groups excluding tert-OH is 2. The summed E-state index contributed by atoms with van der Waals surface area (Å²) in [5.74, 6) is 1.18. The van der Waals surface area contributed by atoms with Crippen molar-refractivity contribution < 1.29 is 10.2 Å². The van der Waals surface area contributed by atoms with Crippen molar-refractivity contribution >= 4 is 33.3 Å². The lowest BCUT2D eigenvalue weighted by Crippen LogP contribution is -2.14. The van der Waals surface area contributed by atoms with E-state index < -0.39 is 6.10 Å². The molecular formula is C11H14N2O2S2. The summed E-state index contributed by atoms with van der Waals surface area (Å²) in [5.41, 5.74) is 1.16. The second-order valence-electron chi connectivity index (χ2n) is 3.82. The van der Waals surface area contributed by atoms with Gasteiger partial charge in [0.15, 0.2) is 0 Å². The first-order chi connectivity index (χ1) is 8.11. The molecule has 0 unspecified atom stereocenters. The van der Waals surface area contributed by atoms with Crippen LogP contribution in [0.2, 0.25) is 0 Å². The van der Waals surface area contributed by atoms with Crippen molar-refractivity contribution in [1.29, 1.82) is 0 Å². The van der Waals surface area contributed by atoms with Crippen LogP contribution >= 0.6 is 23.1 Å². The van der Waals surface area contributed by atoms with Gasteiger partial charge >= 0.3 is 0 Å². The van der Waals surface area contributed by atoms with Crippen LogP contribution in [0.1, 0.15) is 11.4 Å². The largest absolute Gasteiger partial charge is 0.394 e. The zero-order chi connectivity index (χ0) is 12.4. The summed E-state index contributed by atoms with van der Waals surface area (Å²) in [7, 11) is 0. The van der Waals surface area contributed by atoms with Gasteiger partial charge in [-0.2, -0.15) is 0 Å². The van der Waals surface area contributed by atoms with Gasteiger partial charge in [0.1, 0.15) is 15.7 Å². The number of rotatable bonds is 4. The summed E-state index contributed by atoms with van der Waals surface area (Å²) in [6.45, 7) is 3.67. The first kappa shape index (κ1) is 12.8. The molecule has 17 heavy (non-hydrogen) atoms. The molecule has 2 aromatic heterocycles. The summed E-state index contributed by atoms with van der Waals surface area (Å²) in [4.78, 5) is 9.78. The highest BCUT2D eigenvalue weighted by Crippen LogP contribution is 2.32. The smallest absolute Gasteiger partial charge is 0.128 e. The van der Waals surface area contributed by atoms with Gasteiger partial charge in [-0.3, -0.25) is 0 Å². The van der Waals surface area contributed by atoms with E-state index in [1.165, 1.54) is 11.8 Å². The number of thioether (sulfide) groups is 1. The monoisotopic (exact) mass is 270 g/mol. The number of aliphatic hydroxyl groups is 2. The van der Waals surface area contributed by atoms with Crippen LogP contribution in [0.15, 0.2) is 10.4 Å². The van der Waals surface area contributed by atoms with Crippen LogP contribution in [-0.2, 0) is 0 Å². The van der Waals surface area contributed by atoms with Crippen LogP contribution in [-0.4, -0.2) is 38.6 Å². The standard InChI is InChI=1S/C11H14N2O2S2/c1-6-4-16-10-9(6)11(13-7(2)12-10)17-5-8(15)3-14/h4,8,14-15H,3,5H2,1-2H3/t8-/m1/s1. The first-order valence-corrected chi connectivity index (χ1v) is 7.12. The van der Waals surface area contributed by atoms with Crippen molar-refractivity contribution in [1.82, 2.24) is 9.97 Å². The van der Waals surface area contributed by atoms with Crippen LogP contribution in [0.4, 0.5) is 0 Å². The van der Waals surface area contributed by atoms with Gasteiger partial charge in [-0.05, 0) is 24.8 Å². The van der Waals surface area contributed by atoms with Gasteiger partial charge in [-0.1, -0.05) is 0 Å². The van der Waals surface area contributed by atoms with E-state index in [4.69, 9.17) is 5.11 Å². The third-order valence-corrected chi connectivity index (χ3v) is 4.43. The van der Waals surface area contributed by atoms with Crippen molar-refractivity contribution in [3.05, 3.63) is 16.8 Å². The Balaban J connectivity index is 2.34. The Labute approximate surface area is 108 Å². The maximum atomic E-state index is 9.37. The fourth-order valence-corrected chi connectivity index (χ4v) is 3.57. The van der Waals surface area contributed by atoms with Crippen molar-refractivity contribution in [3.63, 3.8) is 0 Å². The lowest BCUT2D eigenvalue weighted by atomic mass is 10.3. The minimum Gasteiger partial charge on any atom is -0.394 e. The molecule has 0 saturated heterocycles. The van der Waals surface area contributed by atoms with Crippen LogP contribution < -0.4 is 0 Å². The van der Waals surface area contributed by atoms with E-state index in [1.807, 2.05) is 13.8 Å². The molecule has 0 aliphatic carbocycles. The Hall–Kier alpha value is -0.690. The molecule has 0 bridgehead atoms. The summed E-state index contributed by atoms with van der Waals surface area (Å²) in [5, 5.41) is 22.2. The molecule has 6 heteroatoms. The Morgan fingerprint density at radius 3 is 2.88 bits per heavy atom. The molecule has 2 rings (SSSR count). The maximum Gasteiger partial charge on any atom is 0.128 e. The van der Waals surface area contributed by atoms with E-state index in [0.29, 0.717) is 5.75 Å². The van der Waals surface area contributed by atoms with Gasteiger partial charge in [0.25, 0.3) is 0 Å². The molecular weight excluding hydrogens is 256 g/mol. The molecule has 1 atom stereocenters. The fraction of sp³-hybridized carbons (Fsp3) is 0.455. The molecule has 2 N–H and O–H groups in total. The minimum absolute atomic E-state index is 0.219. The van der Waals surface area contributed by atoms with E-state index in [0.717, 1.165) is 26.6 Å². The summed E-state index contributed by atoms with van der Waals surface area (Å²) in [6, 6.07) is 0. The predicted molar refractivity (Wildman–Crippen MR) is 70.7 cm³/mol. The molecule has 0 aliphatic heterocycles. The predicted octanol–water partition coefficient (Wildman–Crippen LogP) is 1.75. The molecule has 4 nitrogen and oxygen atoms in total. The molecule has 0 aliphatic rings. The van der Waals surface area contributed by atoms with Gasteiger partial charge in [0.2, 0.25) is 0 Å². The number of nitrogens with zero attached hydrogens (tertiary/aromatic N) is 2. The average Bonchev–Trinajstić information content (AvgIpc) is 2.67. The lowest BCUT2D eigenvalue weighted by molar-refractivity contribution is 0.113. The lowest BCUT2D eigenvalue weighted by Gasteiger charge is -2.07. The van der Waals surface area contributed by atoms with E-state index in [2.05, 4.69) is 15.3 Å². The Morgan fingerprint density at radius 2 is 2.18 bits per heavy atom. The zero-order valence-electron chi connectivity index (χ0n) is 9.67. The summed E-state index contributed by atoms with van der Waals surface area (Å²) < 4.78 is 0. The maximum absolute atomic E-state index is 9.37. The molecule has 0 fully saturated rings. The summed E-state index contributed by atoms with van der Waals surface area (Å²) >= 11 is 3.07. The van der Waals surface area contributed by atoms with Crippen molar-refractivity contribution in [2.24, 2.45) is 0 Å². The number of aryl methyl sites for hydroxylation is 2. The van der Waals surface area contributed by atoms with Gasteiger partial charge in [-0.25, -0.2) is 9.97 Å². The molecule has 2 heterocycles. The van der Waals surface area contributed by atoms with E-state index in [-0.39, 0.29) is 6.61 Å². The quantitative estimate of drug-likeness (QED) is 0.654. The Bertz CT molecular complexity index is 527. The second-order valence-corrected chi connectivity index (χ2v) is 5.69. The van der Waals surface area contributed by atoms with Gasteiger partial charge in [0.05, 0.1) is 12.7 Å². The highest BCUT2D eigenvalue weighted by molar-refractivity contribution is 7.99. The highest BCUT2D eigenvalue weighted by atomic mass is 32.2. The van der Waals surface area contributed by atoms with Crippen molar-refractivity contribution in [3.8, 4) is 0 Å². The highest BCUT2D eigenvalue weighted by Gasteiger charge is 2.12. The Morgan fingerprint density at radius 1 is 1.41 bits per heavy atom. The van der Waals surface area contributed by atoms with Gasteiger partial charge in [0, 0.05) is 11.1 Å². The fourth-order valence-electron chi connectivity index (χ4n) is 1.48. The van der Waals surface area contributed by atoms with Crippen molar-refractivity contribution in [2.45, 2.75) is 25.0 Å². The van der Waals surface area contributed by atoms with Crippen molar-refractivity contribution in [2.75, 3.05) is 12.4 Å². The molecule has 0 spiro atoms. The SMILES string of the molecule is Cc1nc(SC[C@H](O)CO)c2c(C)csc2n1. The third-order valence-electron chi connectivity index (χ3n) is 2.32. The van der Waals surface area contributed by atoms with E-state index >= 15 is 0 Å². The normalized spacial score (nSPS) is 13.2. The van der Waals surface area contributed by atoms with Gasteiger partial charge in [-0.15, -0.1) is 23.1 Å². The number of fused-ring (bicyclic) bond motifs is 1. The van der Waals surface area contributed by atoms with Gasteiger partial charge < -0.3 is 10.2 Å². The van der Waals surface area contributed by atoms with Crippen LogP contribution in [0.5, 0.6) is 0 Å². The molecule has 0 aromatic carbocycles. The van der Waals surface area contributed by atoms with Crippen LogP contribution in [0.25, 0.3) is 10.2 Å². The van der Waals surface area contributed by atoms with Crippen LogP contribution in [0, 0.1) is 13.8 Å². The number of hydrogen-bond donors (Lipinski definition) is 2. The third kappa shape index (κ3) is 2.77. The van der Waals surface area contributed by atoms with E-state index in [9.17, 15) is 5.11 Å². The van der Waals surface area contributed by atoms with E-state index in [1.54, 1.807) is 11.3 Å². The molecule has 92 valence electrons. The topological polar surface area (TPSA) is 66.2 Å². The second kappa shape index (κ2) is 5.30. The number of thiophene rings is 1. The molecule has 2 aromatic rings. The average molecular weight is 270 g/mol.